The highest BCUT2D eigenvalue weighted by Gasteiger charge is 2.29. The molecule has 4 aromatic rings. The lowest BCUT2D eigenvalue weighted by Crippen LogP contribution is -2.39. The van der Waals surface area contributed by atoms with Gasteiger partial charge < -0.3 is 10.2 Å². The van der Waals surface area contributed by atoms with Crippen LogP contribution >= 0.6 is 12.2 Å². The first-order valence-corrected chi connectivity index (χ1v) is 11.1. The molecule has 1 aliphatic heterocycles. The zero-order valence-electron chi connectivity index (χ0n) is 17.7. The van der Waals surface area contributed by atoms with Crippen LogP contribution in [0, 0.1) is 5.82 Å². The molecule has 0 atom stereocenters. The van der Waals surface area contributed by atoms with Crippen LogP contribution in [0.2, 0.25) is 0 Å². The lowest BCUT2D eigenvalue weighted by molar-refractivity contribution is 0.0940. The highest BCUT2D eigenvalue weighted by molar-refractivity contribution is 7.80. The number of thiocarbonyl (C=S) groups is 1. The summed E-state index contributed by atoms with van der Waals surface area (Å²) in [5.74, 6) is -0.438. The van der Waals surface area contributed by atoms with Gasteiger partial charge in [0, 0.05) is 41.9 Å². The quantitative estimate of drug-likeness (QED) is 0.433. The fourth-order valence-electron chi connectivity index (χ4n) is 4.03. The van der Waals surface area contributed by atoms with Gasteiger partial charge in [-0.3, -0.25) is 4.79 Å². The summed E-state index contributed by atoms with van der Waals surface area (Å²) in [6, 6.07) is 25.2. The van der Waals surface area contributed by atoms with Crippen molar-refractivity contribution in [1.82, 2.24) is 14.7 Å². The Morgan fingerprint density at radius 3 is 2.30 bits per heavy atom. The Bertz CT molecular complexity index is 1300. The predicted octanol–water partition coefficient (Wildman–Crippen LogP) is 5.13. The largest absolute Gasteiger partial charge is 0.344 e. The van der Waals surface area contributed by atoms with Crippen molar-refractivity contribution in [2.24, 2.45) is 0 Å². The third-order valence-electron chi connectivity index (χ3n) is 5.70. The number of anilines is 1. The fraction of sp³-hybridized carbons (Fsp3) is 0.115. The van der Waals surface area contributed by atoms with E-state index in [4.69, 9.17) is 17.3 Å². The number of carbonyl (C=O) groups excluding carboxylic acids is 1. The van der Waals surface area contributed by atoms with E-state index in [9.17, 15) is 9.18 Å². The van der Waals surface area contributed by atoms with Gasteiger partial charge in [-0.15, -0.1) is 0 Å². The van der Waals surface area contributed by atoms with Crippen LogP contribution in [0.1, 0.15) is 21.6 Å². The van der Waals surface area contributed by atoms with Gasteiger partial charge >= 0.3 is 0 Å². The first-order valence-electron chi connectivity index (χ1n) is 10.7. The summed E-state index contributed by atoms with van der Waals surface area (Å²) >= 11 is 5.64. The number of aromatic nitrogens is 2. The summed E-state index contributed by atoms with van der Waals surface area (Å²) in [5.41, 5.74) is 4.95. The molecule has 5 nitrogen and oxygen atoms in total. The number of fused-ring (bicyclic) bond motifs is 1. The number of hydrogen-bond donors (Lipinski definition) is 1. The van der Waals surface area contributed by atoms with Crippen LogP contribution in [-0.4, -0.2) is 32.2 Å². The number of carbonyl (C=O) groups is 1. The molecule has 164 valence electrons. The van der Waals surface area contributed by atoms with Gasteiger partial charge in [-0.05, 0) is 48.6 Å². The molecule has 0 aliphatic carbocycles. The van der Waals surface area contributed by atoms with E-state index < -0.39 is 0 Å². The molecule has 0 spiro atoms. The second-order valence-electron chi connectivity index (χ2n) is 7.83. The molecule has 7 heteroatoms. The smallest absolute Gasteiger partial charge is 0.278 e. The second-order valence-corrected chi connectivity index (χ2v) is 8.22. The van der Waals surface area contributed by atoms with Crippen molar-refractivity contribution in [2.45, 2.75) is 13.0 Å². The standard InChI is InChI=1S/C26H21FN4OS/c27-20-11-13-21(14-12-20)28-26(33)30-16-15-23-22(17-30)24(18-7-3-1-4-8-18)29-31(23)25(32)19-9-5-2-6-10-19/h1-14H,15-17H2,(H,28,33). The molecule has 1 aliphatic rings. The number of nitrogens with zero attached hydrogens (tertiary/aromatic N) is 3. The zero-order valence-corrected chi connectivity index (χ0v) is 18.6. The predicted molar refractivity (Wildman–Crippen MR) is 131 cm³/mol. The third kappa shape index (κ3) is 4.27. The summed E-state index contributed by atoms with van der Waals surface area (Å²) in [6.07, 6.45) is 0.624. The topological polar surface area (TPSA) is 50.2 Å². The van der Waals surface area contributed by atoms with Gasteiger partial charge in [0.25, 0.3) is 5.91 Å². The van der Waals surface area contributed by atoms with Crippen molar-refractivity contribution in [3.63, 3.8) is 0 Å². The van der Waals surface area contributed by atoms with E-state index in [0.717, 1.165) is 28.2 Å². The molecular formula is C26H21FN4OS. The van der Waals surface area contributed by atoms with Crippen molar-refractivity contribution in [3.05, 3.63) is 108 Å². The first-order chi connectivity index (χ1) is 16.1. The highest BCUT2D eigenvalue weighted by Crippen LogP contribution is 2.31. The van der Waals surface area contributed by atoms with Crippen LogP contribution in [0.5, 0.6) is 0 Å². The fourth-order valence-corrected chi connectivity index (χ4v) is 4.30. The van der Waals surface area contributed by atoms with Gasteiger partial charge in [0.05, 0.1) is 11.4 Å². The van der Waals surface area contributed by atoms with Crippen LogP contribution in [0.25, 0.3) is 11.3 Å². The molecular weight excluding hydrogens is 435 g/mol. The Hall–Kier alpha value is -3.84. The normalized spacial score (nSPS) is 12.8. The number of hydrogen-bond acceptors (Lipinski definition) is 3. The average molecular weight is 457 g/mol. The molecule has 0 fully saturated rings. The summed E-state index contributed by atoms with van der Waals surface area (Å²) < 4.78 is 14.8. The number of benzene rings is 3. The SMILES string of the molecule is O=C(c1ccccc1)n1nc(-c2ccccc2)c2c1CCN(C(=S)Nc1ccc(F)cc1)C2. The molecule has 0 saturated heterocycles. The molecule has 0 saturated carbocycles. The molecule has 0 unspecified atom stereocenters. The van der Waals surface area contributed by atoms with Crippen LogP contribution in [0.3, 0.4) is 0 Å². The van der Waals surface area contributed by atoms with Gasteiger partial charge in [0.2, 0.25) is 0 Å². The van der Waals surface area contributed by atoms with E-state index >= 15 is 0 Å². The third-order valence-corrected chi connectivity index (χ3v) is 6.06. The molecule has 2 heterocycles. The van der Waals surface area contributed by atoms with Crippen molar-refractivity contribution >= 4 is 28.9 Å². The van der Waals surface area contributed by atoms with Crippen LogP contribution in [0.4, 0.5) is 10.1 Å². The van der Waals surface area contributed by atoms with Crippen molar-refractivity contribution in [3.8, 4) is 11.3 Å². The monoisotopic (exact) mass is 456 g/mol. The van der Waals surface area contributed by atoms with Crippen molar-refractivity contribution in [2.75, 3.05) is 11.9 Å². The van der Waals surface area contributed by atoms with Gasteiger partial charge in [-0.1, -0.05) is 48.5 Å². The molecule has 3 aromatic carbocycles. The average Bonchev–Trinajstić information content (AvgIpc) is 3.25. The molecule has 0 radical (unpaired) electrons. The minimum absolute atomic E-state index is 0.144. The Balaban J connectivity index is 1.48. The zero-order chi connectivity index (χ0) is 22.8. The second kappa shape index (κ2) is 8.96. The number of rotatable bonds is 3. The maximum atomic E-state index is 13.3. The van der Waals surface area contributed by atoms with E-state index in [1.54, 1.807) is 28.9 Å². The van der Waals surface area contributed by atoms with Crippen LogP contribution in [-0.2, 0) is 13.0 Å². The number of halogens is 1. The molecule has 1 aromatic heterocycles. The van der Waals surface area contributed by atoms with Crippen molar-refractivity contribution < 1.29 is 9.18 Å². The summed E-state index contributed by atoms with van der Waals surface area (Å²) in [7, 11) is 0. The summed E-state index contributed by atoms with van der Waals surface area (Å²) in [4.78, 5) is 15.3. The Morgan fingerprint density at radius 1 is 0.939 bits per heavy atom. The van der Waals surface area contributed by atoms with Gasteiger partial charge in [0.15, 0.2) is 5.11 Å². The summed E-state index contributed by atoms with van der Waals surface area (Å²) in [5, 5.41) is 8.49. The minimum atomic E-state index is -0.294. The molecule has 0 amide bonds. The molecule has 1 N–H and O–H groups in total. The maximum Gasteiger partial charge on any atom is 0.278 e. The molecule has 5 rings (SSSR count). The van der Waals surface area contributed by atoms with E-state index in [-0.39, 0.29) is 11.7 Å². The molecule has 0 bridgehead atoms. The Kier molecular flexibility index (Phi) is 5.71. The summed E-state index contributed by atoms with van der Waals surface area (Å²) in [6.45, 7) is 1.16. The Labute approximate surface area is 196 Å². The van der Waals surface area contributed by atoms with Gasteiger partial charge in [0.1, 0.15) is 5.82 Å². The highest BCUT2D eigenvalue weighted by atomic mass is 32.1. The van der Waals surface area contributed by atoms with Gasteiger partial charge in [-0.2, -0.15) is 9.78 Å². The van der Waals surface area contributed by atoms with E-state index in [1.165, 1.54) is 12.1 Å². The van der Waals surface area contributed by atoms with E-state index in [0.29, 0.717) is 30.2 Å². The molecule has 33 heavy (non-hydrogen) atoms. The van der Waals surface area contributed by atoms with E-state index in [1.807, 2.05) is 53.4 Å². The van der Waals surface area contributed by atoms with Crippen LogP contribution in [0.15, 0.2) is 84.9 Å². The lowest BCUT2D eigenvalue weighted by Gasteiger charge is -2.30. The van der Waals surface area contributed by atoms with Crippen molar-refractivity contribution in [1.29, 1.82) is 0 Å². The Morgan fingerprint density at radius 2 is 1.61 bits per heavy atom. The number of nitrogens with one attached hydrogen (secondary N) is 1. The maximum absolute atomic E-state index is 13.3. The first kappa shape index (κ1) is 21.0. The van der Waals surface area contributed by atoms with Gasteiger partial charge in [-0.25, -0.2) is 4.39 Å². The van der Waals surface area contributed by atoms with E-state index in [2.05, 4.69) is 5.32 Å². The lowest BCUT2D eigenvalue weighted by atomic mass is 10.0. The van der Waals surface area contributed by atoms with Crippen LogP contribution < -0.4 is 5.32 Å². The minimum Gasteiger partial charge on any atom is -0.344 e.